The minimum Gasteiger partial charge on any atom is -0.300 e. The molecular formula is C12H14F2O. The van der Waals surface area contributed by atoms with Crippen molar-refractivity contribution in [3.8, 4) is 0 Å². The van der Waals surface area contributed by atoms with E-state index >= 15 is 0 Å². The molecule has 0 saturated heterocycles. The number of carbonyl (C=O) groups excluding carboxylic acids is 1. The average Bonchev–Trinajstić information content (AvgIpc) is 2.11. The molecule has 0 aliphatic carbocycles. The number of halogens is 2. The normalized spacial score (nSPS) is 10.8. The van der Waals surface area contributed by atoms with Gasteiger partial charge >= 0.3 is 0 Å². The van der Waals surface area contributed by atoms with E-state index in [9.17, 15) is 13.6 Å². The highest BCUT2D eigenvalue weighted by Crippen LogP contribution is 2.23. The molecule has 0 fully saturated rings. The van der Waals surface area contributed by atoms with E-state index in [1.165, 1.54) is 19.1 Å². The molecule has 0 amide bonds. The van der Waals surface area contributed by atoms with Crippen LogP contribution in [0.15, 0.2) is 12.1 Å². The zero-order valence-corrected chi connectivity index (χ0v) is 9.10. The lowest BCUT2D eigenvalue weighted by Crippen LogP contribution is -2.06. The van der Waals surface area contributed by atoms with Crippen molar-refractivity contribution in [2.75, 3.05) is 0 Å². The van der Waals surface area contributed by atoms with Crippen LogP contribution in [-0.2, 0) is 11.2 Å². The van der Waals surface area contributed by atoms with Gasteiger partial charge in [-0.3, -0.25) is 4.79 Å². The molecule has 0 saturated carbocycles. The molecule has 0 bridgehead atoms. The van der Waals surface area contributed by atoms with Gasteiger partial charge in [-0.25, -0.2) is 8.78 Å². The Morgan fingerprint density at radius 1 is 1.33 bits per heavy atom. The van der Waals surface area contributed by atoms with Gasteiger partial charge in [0.1, 0.15) is 17.4 Å². The van der Waals surface area contributed by atoms with Crippen molar-refractivity contribution in [3.05, 3.63) is 34.9 Å². The molecule has 3 heteroatoms. The minimum absolute atomic E-state index is 0.0173. The van der Waals surface area contributed by atoms with Crippen molar-refractivity contribution in [3.63, 3.8) is 0 Å². The van der Waals surface area contributed by atoms with Gasteiger partial charge in [0, 0.05) is 12.0 Å². The van der Waals surface area contributed by atoms with E-state index in [2.05, 4.69) is 0 Å². The van der Waals surface area contributed by atoms with E-state index in [0.717, 1.165) is 0 Å². The molecule has 0 aromatic heterocycles. The lowest BCUT2D eigenvalue weighted by Gasteiger charge is -2.11. The molecule has 0 heterocycles. The van der Waals surface area contributed by atoms with Crippen LogP contribution in [0.5, 0.6) is 0 Å². The summed E-state index contributed by atoms with van der Waals surface area (Å²) in [6.07, 6.45) is -0.182. The van der Waals surface area contributed by atoms with E-state index in [0.29, 0.717) is 5.56 Å². The van der Waals surface area contributed by atoms with Crippen LogP contribution in [0, 0.1) is 11.6 Å². The Labute approximate surface area is 88.1 Å². The van der Waals surface area contributed by atoms with Crippen molar-refractivity contribution in [2.45, 2.75) is 33.1 Å². The highest BCUT2D eigenvalue weighted by molar-refractivity contribution is 5.78. The summed E-state index contributed by atoms with van der Waals surface area (Å²) in [5.41, 5.74) is 0.335. The molecule has 0 atom stereocenters. The van der Waals surface area contributed by atoms with E-state index in [4.69, 9.17) is 0 Å². The topological polar surface area (TPSA) is 17.1 Å². The maximum absolute atomic E-state index is 13.8. The summed E-state index contributed by atoms with van der Waals surface area (Å²) >= 11 is 0. The molecule has 0 unspecified atom stereocenters. The van der Waals surface area contributed by atoms with Crippen molar-refractivity contribution in [2.24, 2.45) is 0 Å². The molecule has 0 spiro atoms. The lowest BCUT2D eigenvalue weighted by atomic mass is 9.97. The SMILES string of the molecule is CC(=O)Cc1c(F)ccc(C(C)C)c1F. The predicted octanol–water partition coefficient (Wildman–Crippen LogP) is 3.22. The maximum Gasteiger partial charge on any atom is 0.134 e. The van der Waals surface area contributed by atoms with Gasteiger partial charge in [-0.05, 0) is 24.5 Å². The molecule has 0 aliphatic heterocycles. The number of hydrogen-bond donors (Lipinski definition) is 0. The molecule has 0 N–H and O–H groups in total. The highest BCUT2D eigenvalue weighted by atomic mass is 19.1. The second-order valence-electron chi connectivity index (χ2n) is 3.96. The van der Waals surface area contributed by atoms with Crippen LogP contribution in [0.25, 0.3) is 0 Å². The second-order valence-corrected chi connectivity index (χ2v) is 3.96. The van der Waals surface area contributed by atoms with Crippen LogP contribution < -0.4 is 0 Å². The Hall–Kier alpha value is -1.25. The Morgan fingerprint density at radius 2 is 1.93 bits per heavy atom. The number of rotatable bonds is 3. The van der Waals surface area contributed by atoms with Crippen LogP contribution in [-0.4, -0.2) is 5.78 Å². The fourth-order valence-electron chi connectivity index (χ4n) is 1.47. The minimum atomic E-state index is -0.646. The van der Waals surface area contributed by atoms with Crippen molar-refractivity contribution in [1.29, 1.82) is 0 Å². The molecule has 1 nitrogen and oxygen atoms in total. The number of ketones is 1. The van der Waals surface area contributed by atoms with Gasteiger partial charge in [0.25, 0.3) is 0 Å². The van der Waals surface area contributed by atoms with Gasteiger partial charge in [0.2, 0.25) is 0 Å². The van der Waals surface area contributed by atoms with Gasteiger partial charge in [-0.1, -0.05) is 19.9 Å². The molecule has 1 aromatic rings. The number of benzene rings is 1. The van der Waals surface area contributed by atoms with Crippen molar-refractivity contribution in [1.82, 2.24) is 0 Å². The monoisotopic (exact) mass is 212 g/mol. The van der Waals surface area contributed by atoms with E-state index in [1.807, 2.05) is 13.8 Å². The molecule has 1 aromatic carbocycles. The third kappa shape index (κ3) is 2.61. The van der Waals surface area contributed by atoms with Crippen molar-refractivity contribution >= 4 is 5.78 Å². The van der Waals surface area contributed by atoms with Gasteiger partial charge in [-0.15, -0.1) is 0 Å². The van der Waals surface area contributed by atoms with Crippen LogP contribution in [0.1, 0.15) is 37.8 Å². The van der Waals surface area contributed by atoms with Crippen LogP contribution in [0.3, 0.4) is 0 Å². The van der Waals surface area contributed by atoms with E-state index < -0.39 is 11.6 Å². The first-order valence-electron chi connectivity index (χ1n) is 4.89. The van der Waals surface area contributed by atoms with Gasteiger partial charge in [0.15, 0.2) is 0 Å². The summed E-state index contributed by atoms with van der Waals surface area (Å²) in [6.45, 7) is 4.97. The van der Waals surface area contributed by atoms with Crippen LogP contribution >= 0.6 is 0 Å². The predicted molar refractivity (Wildman–Crippen MR) is 54.8 cm³/mol. The van der Waals surface area contributed by atoms with E-state index in [-0.39, 0.29) is 23.7 Å². The van der Waals surface area contributed by atoms with Crippen LogP contribution in [0.4, 0.5) is 8.78 Å². The smallest absolute Gasteiger partial charge is 0.134 e. The zero-order chi connectivity index (χ0) is 11.6. The number of carbonyl (C=O) groups is 1. The number of hydrogen-bond acceptors (Lipinski definition) is 1. The number of Topliss-reactive ketones (excluding diaryl/α,β-unsaturated/α-hetero) is 1. The summed E-state index contributed by atoms with van der Waals surface area (Å²) in [6, 6.07) is 2.65. The fourth-order valence-corrected chi connectivity index (χ4v) is 1.47. The average molecular weight is 212 g/mol. The Balaban J connectivity index is 3.23. The van der Waals surface area contributed by atoms with Gasteiger partial charge in [0.05, 0.1) is 0 Å². The summed E-state index contributed by atoms with van der Waals surface area (Å²) < 4.78 is 27.0. The maximum atomic E-state index is 13.8. The van der Waals surface area contributed by atoms with Crippen molar-refractivity contribution < 1.29 is 13.6 Å². The summed E-state index contributed by atoms with van der Waals surface area (Å²) in [4.78, 5) is 10.9. The standard InChI is InChI=1S/C12H14F2O/c1-7(2)9-4-5-11(13)10(12(9)14)6-8(3)15/h4-5,7H,6H2,1-3H3. The zero-order valence-electron chi connectivity index (χ0n) is 9.10. The second kappa shape index (κ2) is 4.51. The summed E-state index contributed by atoms with van der Waals surface area (Å²) in [5.74, 6) is -1.49. The Kier molecular flexibility index (Phi) is 3.56. The fraction of sp³-hybridized carbons (Fsp3) is 0.417. The Bertz CT molecular complexity index is 383. The summed E-state index contributed by atoms with van der Waals surface area (Å²) in [5, 5.41) is 0. The summed E-state index contributed by atoms with van der Waals surface area (Å²) in [7, 11) is 0. The highest BCUT2D eigenvalue weighted by Gasteiger charge is 2.16. The van der Waals surface area contributed by atoms with Gasteiger partial charge < -0.3 is 0 Å². The molecule has 1 rings (SSSR count). The molecule has 0 radical (unpaired) electrons. The van der Waals surface area contributed by atoms with E-state index in [1.54, 1.807) is 0 Å². The largest absolute Gasteiger partial charge is 0.300 e. The first-order chi connectivity index (χ1) is 6.93. The first-order valence-corrected chi connectivity index (χ1v) is 4.89. The molecule has 0 aliphatic rings. The first kappa shape index (κ1) is 11.8. The quantitative estimate of drug-likeness (QED) is 0.751. The Morgan fingerprint density at radius 3 is 2.40 bits per heavy atom. The third-order valence-corrected chi connectivity index (χ3v) is 2.26. The third-order valence-electron chi connectivity index (χ3n) is 2.26. The lowest BCUT2D eigenvalue weighted by molar-refractivity contribution is -0.116. The molecule has 82 valence electrons. The van der Waals surface area contributed by atoms with Crippen LogP contribution in [0.2, 0.25) is 0 Å². The van der Waals surface area contributed by atoms with Gasteiger partial charge in [-0.2, -0.15) is 0 Å². The molecular weight excluding hydrogens is 198 g/mol. The molecule has 15 heavy (non-hydrogen) atoms.